The van der Waals surface area contributed by atoms with Crippen molar-refractivity contribution in [2.45, 2.75) is 39.1 Å². The number of halogens is 4. The van der Waals surface area contributed by atoms with Crippen molar-refractivity contribution in [3.8, 4) is 16.9 Å². The number of anilines is 1. The van der Waals surface area contributed by atoms with Gasteiger partial charge in [-0.2, -0.15) is 0 Å². The molecule has 0 aliphatic rings. The third-order valence-corrected chi connectivity index (χ3v) is 5.58. The molecule has 3 aromatic rings. The molecule has 0 bridgehead atoms. The zero-order chi connectivity index (χ0) is 26.0. The highest BCUT2D eigenvalue weighted by Gasteiger charge is 2.31. The van der Waals surface area contributed by atoms with Gasteiger partial charge in [0.1, 0.15) is 5.75 Å². The van der Waals surface area contributed by atoms with Crippen molar-refractivity contribution in [3.63, 3.8) is 0 Å². The summed E-state index contributed by atoms with van der Waals surface area (Å²) in [5, 5.41) is 9.66. The minimum absolute atomic E-state index is 0.00497. The van der Waals surface area contributed by atoms with Crippen LogP contribution in [-0.4, -0.2) is 23.3 Å². The molecule has 184 valence electrons. The van der Waals surface area contributed by atoms with E-state index in [1.54, 1.807) is 0 Å². The van der Waals surface area contributed by atoms with Crippen LogP contribution >= 0.6 is 11.6 Å². The van der Waals surface area contributed by atoms with Crippen molar-refractivity contribution in [1.29, 1.82) is 0 Å². The van der Waals surface area contributed by atoms with Crippen molar-refractivity contribution in [2.24, 2.45) is 0 Å². The fourth-order valence-corrected chi connectivity index (χ4v) is 3.65. The van der Waals surface area contributed by atoms with E-state index in [1.807, 2.05) is 24.3 Å². The molecule has 0 atom stereocenters. The number of rotatable bonds is 5. The van der Waals surface area contributed by atoms with Gasteiger partial charge in [0.05, 0.1) is 6.54 Å². The standard InChI is InChI=1S/C26H23ClF3NO4/c1-25(2,3)18-8-4-16(5-9-18)15-31(23(32)24(33)34)19-10-13-22(27)21(14-19)17-6-11-20(12-7-17)35-26(28,29)30/h4-14H,15H2,1-3H3,(H,33,34). The fraction of sp³-hybridized carbons (Fsp3) is 0.231. The van der Waals surface area contributed by atoms with Gasteiger partial charge in [0, 0.05) is 16.3 Å². The van der Waals surface area contributed by atoms with Crippen LogP contribution in [-0.2, 0) is 21.5 Å². The first-order chi connectivity index (χ1) is 16.2. The van der Waals surface area contributed by atoms with Crippen molar-refractivity contribution >= 4 is 29.2 Å². The Bertz CT molecular complexity index is 1220. The molecule has 9 heteroatoms. The summed E-state index contributed by atoms with van der Waals surface area (Å²) in [5.41, 5.74) is 2.88. The van der Waals surface area contributed by atoms with Crippen molar-refractivity contribution in [1.82, 2.24) is 0 Å². The molecule has 1 amide bonds. The van der Waals surface area contributed by atoms with E-state index >= 15 is 0 Å². The van der Waals surface area contributed by atoms with Crippen LogP contribution in [0.5, 0.6) is 5.75 Å². The number of carbonyl (C=O) groups excluding carboxylic acids is 1. The van der Waals surface area contributed by atoms with Gasteiger partial charge in [-0.25, -0.2) is 4.79 Å². The summed E-state index contributed by atoms with van der Waals surface area (Å²) >= 11 is 6.31. The lowest BCUT2D eigenvalue weighted by molar-refractivity contribution is -0.274. The molecule has 3 rings (SSSR count). The van der Waals surface area contributed by atoms with E-state index in [-0.39, 0.29) is 22.7 Å². The number of carboxylic acids is 1. The molecule has 35 heavy (non-hydrogen) atoms. The van der Waals surface area contributed by atoms with E-state index in [0.29, 0.717) is 11.1 Å². The average molecular weight is 506 g/mol. The van der Waals surface area contributed by atoms with E-state index in [4.69, 9.17) is 11.6 Å². The quantitative estimate of drug-likeness (QED) is 0.386. The van der Waals surface area contributed by atoms with E-state index in [9.17, 15) is 27.9 Å². The van der Waals surface area contributed by atoms with Crippen LogP contribution in [0.4, 0.5) is 18.9 Å². The Balaban J connectivity index is 1.95. The third-order valence-electron chi connectivity index (χ3n) is 5.25. The Labute approximate surface area is 205 Å². The second-order valence-electron chi connectivity index (χ2n) is 8.88. The maximum atomic E-state index is 12.6. The number of carboxylic acid groups (broad SMARTS) is 1. The summed E-state index contributed by atoms with van der Waals surface area (Å²) in [5.74, 6) is -3.15. The lowest BCUT2D eigenvalue weighted by Crippen LogP contribution is -2.36. The number of amides is 1. The van der Waals surface area contributed by atoms with Gasteiger partial charge in [-0.3, -0.25) is 9.69 Å². The number of carbonyl (C=O) groups is 2. The van der Waals surface area contributed by atoms with Gasteiger partial charge >= 0.3 is 18.2 Å². The van der Waals surface area contributed by atoms with Crippen LogP contribution < -0.4 is 9.64 Å². The Morgan fingerprint density at radius 2 is 1.54 bits per heavy atom. The maximum Gasteiger partial charge on any atom is 0.573 e. The maximum absolute atomic E-state index is 12.6. The number of benzene rings is 3. The predicted molar refractivity (Wildman–Crippen MR) is 128 cm³/mol. The normalized spacial score (nSPS) is 11.7. The number of nitrogens with zero attached hydrogens (tertiary/aromatic N) is 1. The van der Waals surface area contributed by atoms with Crippen molar-refractivity contribution < 1.29 is 32.6 Å². The average Bonchev–Trinajstić information content (AvgIpc) is 2.77. The zero-order valence-corrected chi connectivity index (χ0v) is 19.9. The van der Waals surface area contributed by atoms with Gasteiger partial charge in [0.15, 0.2) is 0 Å². The van der Waals surface area contributed by atoms with Crippen LogP contribution in [0.15, 0.2) is 66.7 Å². The van der Waals surface area contributed by atoms with Gasteiger partial charge in [0.25, 0.3) is 0 Å². The van der Waals surface area contributed by atoms with Gasteiger partial charge in [-0.1, -0.05) is 68.8 Å². The molecule has 5 nitrogen and oxygen atoms in total. The molecule has 1 N–H and O–H groups in total. The topological polar surface area (TPSA) is 66.8 Å². The van der Waals surface area contributed by atoms with E-state index in [1.165, 1.54) is 30.3 Å². The smallest absolute Gasteiger partial charge is 0.474 e. The molecule has 0 spiro atoms. The van der Waals surface area contributed by atoms with Crippen LogP contribution in [0.3, 0.4) is 0 Å². The highest BCUT2D eigenvalue weighted by Crippen LogP contribution is 2.34. The molecule has 0 aromatic heterocycles. The molecule has 3 aromatic carbocycles. The first-order valence-corrected chi connectivity index (χ1v) is 10.9. The monoisotopic (exact) mass is 505 g/mol. The van der Waals surface area contributed by atoms with E-state index < -0.39 is 24.0 Å². The van der Waals surface area contributed by atoms with Gasteiger partial charge < -0.3 is 9.84 Å². The largest absolute Gasteiger partial charge is 0.573 e. The van der Waals surface area contributed by atoms with E-state index in [2.05, 4.69) is 25.5 Å². The number of hydrogen-bond acceptors (Lipinski definition) is 3. The minimum atomic E-state index is -4.82. The molecule has 0 heterocycles. The van der Waals surface area contributed by atoms with E-state index in [0.717, 1.165) is 28.2 Å². The minimum Gasteiger partial charge on any atom is -0.474 e. The number of aliphatic carboxylic acids is 1. The van der Waals surface area contributed by atoms with Crippen LogP contribution in [0.2, 0.25) is 5.02 Å². The van der Waals surface area contributed by atoms with Crippen LogP contribution in [0.25, 0.3) is 11.1 Å². The Morgan fingerprint density at radius 1 is 0.943 bits per heavy atom. The third kappa shape index (κ3) is 6.76. The fourth-order valence-electron chi connectivity index (χ4n) is 3.43. The Hall–Kier alpha value is -3.52. The second-order valence-corrected chi connectivity index (χ2v) is 9.29. The predicted octanol–water partition coefficient (Wildman–Crippen LogP) is 6.82. The number of ether oxygens (including phenoxy) is 1. The molecule has 0 aliphatic carbocycles. The molecule has 0 saturated heterocycles. The number of hydrogen-bond donors (Lipinski definition) is 1. The second kappa shape index (κ2) is 10.00. The molecule has 0 aliphatic heterocycles. The Kier molecular flexibility index (Phi) is 7.45. The molecule has 0 unspecified atom stereocenters. The first kappa shape index (κ1) is 26.1. The van der Waals surface area contributed by atoms with Crippen LogP contribution in [0.1, 0.15) is 31.9 Å². The van der Waals surface area contributed by atoms with Gasteiger partial charge in [-0.15, -0.1) is 13.2 Å². The molecule has 0 saturated carbocycles. The zero-order valence-electron chi connectivity index (χ0n) is 19.2. The lowest BCUT2D eigenvalue weighted by atomic mass is 9.87. The SMILES string of the molecule is CC(C)(C)c1ccc(CN(C(=O)C(=O)O)c2ccc(Cl)c(-c3ccc(OC(F)(F)F)cc3)c2)cc1. The lowest BCUT2D eigenvalue weighted by Gasteiger charge is -2.23. The molecule has 0 radical (unpaired) electrons. The molecular weight excluding hydrogens is 483 g/mol. The summed E-state index contributed by atoms with van der Waals surface area (Å²) in [7, 11) is 0. The summed E-state index contributed by atoms with van der Waals surface area (Å²) < 4.78 is 41.2. The summed E-state index contributed by atoms with van der Waals surface area (Å²) in [6.07, 6.45) is -4.82. The first-order valence-electron chi connectivity index (χ1n) is 10.5. The molecular formula is C26H23ClF3NO4. The summed E-state index contributed by atoms with van der Waals surface area (Å²) in [6, 6.07) is 17.1. The highest BCUT2D eigenvalue weighted by atomic mass is 35.5. The van der Waals surface area contributed by atoms with Gasteiger partial charge in [0.2, 0.25) is 0 Å². The van der Waals surface area contributed by atoms with Crippen molar-refractivity contribution in [3.05, 3.63) is 82.9 Å². The molecule has 0 fully saturated rings. The Morgan fingerprint density at radius 3 is 2.06 bits per heavy atom. The highest BCUT2D eigenvalue weighted by molar-refractivity contribution is 6.37. The number of alkyl halides is 3. The van der Waals surface area contributed by atoms with Crippen LogP contribution in [0, 0.1) is 0 Å². The van der Waals surface area contributed by atoms with Crippen molar-refractivity contribution in [2.75, 3.05) is 4.90 Å². The summed E-state index contributed by atoms with van der Waals surface area (Å²) in [6.45, 7) is 6.20. The summed E-state index contributed by atoms with van der Waals surface area (Å²) in [4.78, 5) is 25.2. The van der Waals surface area contributed by atoms with Gasteiger partial charge in [-0.05, 0) is 52.4 Å².